The molecule has 2 aromatic carbocycles. The molecule has 2 heterocycles. The number of carbonyl (C=O) groups excluding carboxylic acids is 2. The first kappa shape index (κ1) is 20.4. The average molecular weight is 442 g/mol. The van der Waals surface area contributed by atoms with Gasteiger partial charge in [0.05, 0.1) is 11.2 Å². The molecule has 1 fully saturated rings. The molecule has 4 rings (SSSR count). The van der Waals surface area contributed by atoms with E-state index in [-0.39, 0.29) is 11.8 Å². The Morgan fingerprint density at radius 2 is 1.63 bits per heavy atom. The lowest BCUT2D eigenvalue weighted by Crippen LogP contribution is -2.50. The zero-order valence-electron chi connectivity index (χ0n) is 16.2. The Hall–Kier alpha value is -2.90. The molecule has 0 atom stereocenters. The van der Waals surface area contributed by atoms with Gasteiger partial charge in [0.2, 0.25) is 0 Å². The molecule has 0 spiro atoms. The van der Waals surface area contributed by atoms with E-state index in [1.807, 2.05) is 17.5 Å². The van der Waals surface area contributed by atoms with Gasteiger partial charge in [-0.05, 0) is 42.5 Å². The molecule has 8 heteroatoms. The molecule has 0 bridgehead atoms. The number of ether oxygens (including phenoxy) is 1. The molecule has 1 aliphatic rings. The number of halogens is 1. The lowest BCUT2D eigenvalue weighted by molar-refractivity contribution is 0.0535. The van der Waals surface area contributed by atoms with Crippen LogP contribution in [0.4, 0.5) is 0 Å². The maximum absolute atomic E-state index is 12.9. The fraction of sp³-hybridized carbons (Fsp3) is 0.227. The molecule has 6 nitrogen and oxygen atoms in total. The SMILES string of the molecule is O=C(c1ccc(Cl)cc1)N1CCN(C(=O)c2cccc(OCc3cscn3)c2)CC1. The quantitative estimate of drug-likeness (QED) is 0.601. The van der Waals surface area contributed by atoms with Gasteiger partial charge in [0.15, 0.2) is 0 Å². The van der Waals surface area contributed by atoms with Crippen molar-refractivity contribution in [2.75, 3.05) is 26.2 Å². The molecular weight excluding hydrogens is 422 g/mol. The summed E-state index contributed by atoms with van der Waals surface area (Å²) in [6.45, 7) is 2.33. The topological polar surface area (TPSA) is 62.7 Å². The van der Waals surface area contributed by atoms with E-state index in [0.29, 0.717) is 54.7 Å². The average Bonchev–Trinajstić information content (AvgIpc) is 3.31. The highest BCUT2D eigenvalue weighted by Gasteiger charge is 2.25. The predicted molar refractivity (Wildman–Crippen MR) is 116 cm³/mol. The second-order valence-electron chi connectivity index (χ2n) is 6.89. The van der Waals surface area contributed by atoms with E-state index < -0.39 is 0 Å². The molecule has 2 amide bonds. The Labute approximate surface area is 183 Å². The highest BCUT2D eigenvalue weighted by atomic mass is 35.5. The number of rotatable bonds is 5. The molecule has 30 heavy (non-hydrogen) atoms. The predicted octanol–water partition coefficient (Wildman–Crippen LogP) is 3.97. The maximum atomic E-state index is 12.9. The summed E-state index contributed by atoms with van der Waals surface area (Å²) in [5.41, 5.74) is 3.79. The van der Waals surface area contributed by atoms with Crippen LogP contribution in [-0.4, -0.2) is 52.8 Å². The summed E-state index contributed by atoms with van der Waals surface area (Å²) in [5, 5.41) is 2.53. The standard InChI is InChI=1S/C22H20ClN3O3S/c23-18-6-4-16(5-7-18)21(27)25-8-10-26(11-9-25)22(28)17-2-1-3-20(12-17)29-13-19-14-30-15-24-19/h1-7,12,14-15H,8-11,13H2. The van der Waals surface area contributed by atoms with Crippen LogP contribution in [0.15, 0.2) is 59.4 Å². The summed E-state index contributed by atoms with van der Waals surface area (Å²) in [5.74, 6) is 0.523. The van der Waals surface area contributed by atoms with E-state index in [0.717, 1.165) is 5.69 Å². The lowest BCUT2D eigenvalue weighted by atomic mass is 10.1. The van der Waals surface area contributed by atoms with Gasteiger partial charge in [0, 0.05) is 47.7 Å². The lowest BCUT2D eigenvalue weighted by Gasteiger charge is -2.35. The zero-order chi connectivity index (χ0) is 20.9. The first-order valence-electron chi connectivity index (χ1n) is 9.54. The van der Waals surface area contributed by atoms with Crippen LogP contribution in [0.25, 0.3) is 0 Å². The summed E-state index contributed by atoms with van der Waals surface area (Å²) < 4.78 is 5.75. The van der Waals surface area contributed by atoms with Gasteiger partial charge < -0.3 is 14.5 Å². The molecule has 0 N–H and O–H groups in total. The van der Waals surface area contributed by atoms with E-state index in [4.69, 9.17) is 16.3 Å². The third-order valence-corrected chi connectivity index (χ3v) is 5.78. The maximum Gasteiger partial charge on any atom is 0.254 e. The first-order chi connectivity index (χ1) is 14.6. The Kier molecular flexibility index (Phi) is 6.30. The van der Waals surface area contributed by atoms with Crippen LogP contribution in [0.3, 0.4) is 0 Å². The minimum absolute atomic E-state index is 0.0452. The van der Waals surface area contributed by atoms with Gasteiger partial charge >= 0.3 is 0 Å². The van der Waals surface area contributed by atoms with Crippen molar-refractivity contribution in [2.24, 2.45) is 0 Å². The number of amides is 2. The number of carbonyl (C=O) groups is 2. The third-order valence-electron chi connectivity index (χ3n) is 4.90. The van der Waals surface area contributed by atoms with Gasteiger partial charge in [-0.3, -0.25) is 9.59 Å². The minimum Gasteiger partial charge on any atom is -0.487 e. The van der Waals surface area contributed by atoms with Crippen LogP contribution in [0, 0.1) is 0 Å². The van der Waals surface area contributed by atoms with Crippen molar-refractivity contribution in [3.63, 3.8) is 0 Å². The van der Waals surface area contributed by atoms with Gasteiger partial charge in [0.25, 0.3) is 11.8 Å². The summed E-state index contributed by atoms with van der Waals surface area (Å²) in [6.07, 6.45) is 0. The van der Waals surface area contributed by atoms with Crippen molar-refractivity contribution in [1.29, 1.82) is 0 Å². The zero-order valence-corrected chi connectivity index (χ0v) is 17.7. The van der Waals surface area contributed by atoms with Gasteiger partial charge in [-0.25, -0.2) is 4.98 Å². The molecule has 1 aliphatic heterocycles. The van der Waals surface area contributed by atoms with E-state index >= 15 is 0 Å². The molecule has 154 valence electrons. The van der Waals surface area contributed by atoms with Crippen LogP contribution in [0.2, 0.25) is 5.02 Å². The Balaban J connectivity index is 1.34. The first-order valence-corrected chi connectivity index (χ1v) is 10.9. The fourth-order valence-corrected chi connectivity index (χ4v) is 3.92. The number of aromatic nitrogens is 1. The molecule has 1 aromatic heterocycles. The molecule has 0 radical (unpaired) electrons. The third kappa shape index (κ3) is 4.80. The van der Waals surface area contributed by atoms with Crippen LogP contribution >= 0.6 is 22.9 Å². The van der Waals surface area contributed by atoms with Crippen LogP contribution in [-0.2, 0) is 6.61 Å². The highest BCUT2D eigenvalue weighted by molar-refractivity contribution is 7.07. The van der Waals surface area contributed by atoms with Gasteiger partial charge in [-0.2, -0.15) is 0 Å². The van der Waals surface area contributed by atoms with E-state index in [9.17, 15) is 9.59 Å². The molecule has 3 aromatic rings. The van der Waals surface area contributed by atoms with Crippen molar-refractivity contribution in [1.82, 2.24) is 14.8 Å². The van der Waals surface area contributed by atoms with E-state index in [1.54, 1.807) is 51.7 Å². The number of thiazole rings is 1. The Morgan fingerprint density at radius 1 is 0.967 bits per heavy atom. The van der Waals surface area contributed by atoms with Crippen LogP contribution in [0.1, 0.15) is 26.4 Å². The smallest absolute Gasteiger partial charge is 0.254 e. The van der Waals surface area contributed by atoms with Crippen LogP contribution < -0.4 is 4.74 Å². The molecular formula is C22H20ClN3O3S. The molecule has 0 unspecified atom stereocenters. The second kappa shape index (κ2) is 9.28. The summed E-state index contributed by atoms with van der Waals surface area (Å²) in [7, 11) is 0. The Morgan fingerprint density at radius 3 is 2.27 bits per heavy atom. The summed E-state index contributed by atoms with van der Waals surface area (Å²) in [4.78, 5) is 33.3. The van der Waals surface area contributed by atoms with Gasteiger partial charge in [-0.1, -0.05) is 17.7 Å². The normalized spacial score (nSPS) is 13.9. The van der Waals surface area contributed by atoms with E-state index in [2.05, 4.69) is 4.98 Å². The highest BCUT2D eigenvalue weighted by Crippen LogP contribution is 2.18. The number of piperazine rings is 1. The minimum atomic E-state index is -0.0623. The summed E-state index contributed by atoms with van der Waals surface area (Å²) >= 11 is 7.41. The second-order valence-corrected chi connectivity index (χ2v) is 8.04. The van der Waals surface area contributed by atoms with Crippen molar-refractivity contribution >= 4 is 34.8 Å². The van der Waals surface area contributed by atoms with E-state index in [1.165, 1.54) is 11.3 Å². The molecule has 0 aliphatic carbocycles. The largest absolute Gasteiger partial charge is 0.487 e. The number of nitrogens with zero attached hydrogens (tertiary/aromatic N) is 3. The van der Waals surface area contributed by atoms with Crippen molar-refractivity contribution in [3.8, 4) is 5.75 Å². The molecule has 0 saturated carbocycles. The number of hydrogen-bond donors (Lipinski definition) is 0. The van der Waals surface area contributed by atoms with Gasteiger partial charge in [-0.15, -0.1) is 11.3 Å². The summed E-state index contributed by atoms with van der Waals surface area (Å²) in [6, 6.07) is 14.0. The van der Waals surface area contributed by atoms with Crippen molar-refractivity contribution < 1.29 is 14.3 Å². The van der Waals surface area contributed by atoms with Crippen molar-refractivity contribution in [2.45, 2.75) is 6.61 Å². The fourth-order valence-electron chi connectivity index (χ4n) is 3.26. The number of hydrogen-bond acceptors (Lipinski definition) is 5. The Bertz CT molecular complexity index is 1020. The molecule has 1 saturated heterocycles. The van der Waals surface area contributed by atoms with Crippen molar-refractivity contribution in [3.05, 3.63) is 81.3 Å². The number of benzene rings is 2. The van der Waals surface area contributed by atoms with Gasteiger partial charge in [0.1, 0.15) is 12.4 Å². The monoisotopic (exact) mass is 441 g/mol. The van der Waals surface area contributed by atoms with Crippen LogP contribution in [0.5, 0.6) is 5.75 Å².